The van der Waals surface area contributed by atoms with Crippen LogP contribution in [-0.2, 0) is 0 Å². The summed E-state index contributed by atoms with van der Waals surface area (Å²) in [5, 5.41) is 4.33. The maximum Gasteiger partial charge on any atom is 0.169 e. The molecule has 1 N–H and O–H groups in total. The molecule has 0 amide bonds. The highest BCUT2D eigenvalue weighted by atomic mass is 16.1. The summed E-state index contributed by atoms with van der Waals surface area (Å²) in [7, 11) is 0. The summed E-state index contributed by atoms with van der Waals surface area (Å²) in [5.41, 5.74) is 1.67. The van der Waals surface area contributed by atoms with E-state index in [0.717, 1.165) is 29.6 Å². The molecule has 1 atom stereocenters. The number of carbonyl (C=O) groups excluding carboxylic acids is 1. The van der Waals surface area contributed by atoms with Crippen LogP contribution in [0.1, 0.15) is 24.2 Å². The van der Waals surface area contributed by atoms with Gasteiger partial charge in [0.1, 0.15) is 0 Å². The Morgan fingerprint density at radius 2 is 2.16 bits per heavy atom. The first-order chi connectivity index (χ1) is 9.08. The van der Waals surface area contributed by atoms with E-state index in [-0.39, 0.29) is 17.1 Å². The van der Waals surface area contributed by atoms with E-state index >= 15 is 0 Å². The summed E-state index contributed by atoms with van der Waals surface area (Å²) >= 11 is 0. The molecule has 3 heteroatoms. The average Bonchev–Trinajstić information content (AvgIpc) is 2.77. The quantitative estimate of drug-likeness (QED) is 0.838. The van der Waals surface area contributed by atoms with E-state index in [1.807, 2.05) is 30.3 Å². The molecular formula is C16H18N2O. The number of para-hydroxylation sites is 1. The SMILES string of the molecule is CC1(C)CNC[C@H]1C(=O)c1cnc2ccccc2c1. The van der Waals surface area contributed by atoms with Crippen LogP contribution in [0.15, 0.2) is 36.5 Å². The fourth-order valence-electron chi connectivity index (χ4n) is 2.79. The first kappa shape index (κ1) is 12.3. The monoisotopic (exact) mass is 254 g/mol. The molecule has 0 saturated carbocycles. The van der Waals surface area contributed by atoms with Gasteiger partial charge in [-0.1, -0.05) is 32.0 Å². The van der Waals surface area contributed by atoms with Gasteiger partial charge in [-0.25, -0.2) is 0 Å². The van der Waals surface area contributed by atoms with E-state index in [4.69, 9.17) is 0 Å². The molecule has 0 unspecified atom stereocenters. The minimum absolute atomic E-state index is 0.0166. The van der Waals surface area contributed by atoms with Crippen molar-refractivity contribution in [3.63, 3.8) is 0 Å². The van der Waals surface area contributed by atoms with E-state index in [2.05, 4.69) is 24.1 Å². The van der Waals surface area contributed by atoms with Crippen molar-refractivity contribution in [1.82, 2.24) is 10.3 Å². The molecule has 0 radical (unpaired) electrons. The maximum atomic E-state index is 12.6. The number of Topliss-reactive ketones (excluding diaryl/α,β-unsaturated/α-hetero) is 1. The third kappa shape index (κ3) is 2.15. The van der Waals surface area contributed by atoms with Crippen LogP contribution in [0.4, 0.5) is 0 Å². The van der Waals surface area contributed by atoms with Crippen molar-refractivity contribution in [2.45, 2.75) is 13.8 Å². The first-order valence-electron chi connectivity index (χ1n) is 6.68. The van der Waals surface area contributed by atoms with Gasteiger partial charge in [0.25, 0.3) is 0 Å². The molecule has 0 bridgehead atoms. The second-order valence-corrected chi connectivity index (χ2v) is 5.95. The predicted octanol–water partition coefficient (Wildman–Crippen LogP) is 2.66. The Labute approximate surface area is 113 Å². The van der Waals surface area contributed by atoms with Crippen molar-refractivity contribution < 1.29 is 4.79 Å². The summed E-state index contributed by atoms with van der Waals surface area (Å²) in [6, 6.07) is 9.85. The van der Waals surface area contributed by atoms with Gasteiger partial charge in [-0.05, 0) is 17.5 Å². The number of benzene rings is 1. The molecule has 1 aliphatic heterocycles. The van der Waals surface area contributed by atoms with Crippen molar-refractivity contribution in [2.75, 3.05) is 13.1 Å². The molecule has 3 rings (SSSR count). The fourth-order valence-corrected chi connectivity index (χ4v) is 2.79. The number of nitrogens with one attached hydrogen (secondary N) is 1. The third-order valence-electron chi connectivity index (χ3n) is 4.06. The van der Waals surface area contributed by atoms with E-state index in [1.165, 1.54) is 0 Å². The van der Waals surface area contributed by atoms with Crippen molar-refractivity contribution in [1.29, 1.82) is 0 Å². The number of nitrogens with zero attached hydrogens (tertiary/aromatic N) is 1. The summed E-state index contributed by atoms with van der Waals surface area (Å²) < 4.78 is 0. The molecule has 98 valence electrons. The van der Waals surface area contributed by atoms with Gasteiger partial charge >= 0.3 is 0 Å². The maximum absolute atomic E-state index is 12.6. The number of fused-ring (bicyclic) bond motifs is 1. The van der Waals surface area contributed by atoms with Crippen LogP contribution in [0.5, 0.6) is 0 Å². The Kier molecular flexibility index (Phi) is 2.86. The molecule has 1 aromatic carbocycles. The van der Waals surface area contributed by atoms with Gasteiger partial charge in [-0.2, -0.15) is 0 Å². The van der Waals surface area contributed by atoms with Crippen molar-refractivity contribution in [2.24, 2.45) is 11.3 Å². The Hall–Kier alpha value is -1.74. The number of hydrogen-bond acceptors (Lipinski definition) is 3. The van der Waals surface area contributed by atoms with Crippen LogP contribution >= 0.6 is 0 Å². The zero-order chi connectivity index (χ0) is 13.5. The molecule has 3 nitrogen and oxygen atoms in total. The Morgan fingerprint density at radius 1 is 1.37 bits per heavy atom. The van der Waals surface area contributed by atoms with Crippen LogP contribution in [0.2, 0.25) is 0 Å². The number of hydrogen-bond donors (Lipinski definition) is 1. The molecule has 1 saturated heterocycles. The highest BCUT2D eigenvalue weighted by molar-refractivity contribution is 6.01. The second kappa shape index (κ2) is 4.42. The standard InChI is InChI=1S/C16H18N2O/c1-16(2)10-17-9-13(16)15(19)12-7-11-5-3-4-6-14(11)18-8-12/h3-8,13,17H,9-10H2,1-2H3/t13-/m0/s1. The van der Waals surface area contributed by atoms with Crippen LogP contribution in [0.3, 0.4) is 0 Å². The minimum Gasteiger partial charge on any atom is -0.315 e. The van der Waals surface area contributed by atoms with Crippen molar-refractivity contribution in [3.05, 3.63) is 42.1 Å². The third-order valence-corrected chi connectivity index (χ3v) is 4.06. The van der Waals surface area contributed by atoms with E-state index < -0.39 is 0 Å². The summed E-state index contributed by atoms with van der Waals surface area (Å²) in [6.07, 6.45) is 1.71. The lowest BCUT2D eigenvalue weighted by molar-refractivity contribution is 0.0859. The summed E-state index contributed by atoms with van der Waals surface area (Å²) in [4.78, 5) is 17.0. The molecule has 1 aromatic heterocycles. The number of carbonyl (C=O) groups is 1. The van der Waals surface area contributed by atoms with Crippen LogP contribution in [0, 0.1) is 11.3 Å². The van der Waals surface area contributed by atoms with Crippen molar-refractivity contribution in [3.8, 4) is 0 Å². The summed E-state index contributed by atoms with van der Waals surface area (Å²) in [6.45, 7) is 5.94. The topological polar surface area (TPSA) is 42.0 Å². The smallest absolute Gasteiger partial charge is 0.169 e. The Morgan fingerprint density at radius 3 is 2.89 bits per heavy atom. The summed E-state index contributed by atoms with van der Waals surface area (Å²) in [5.74, 6) is 0.240. The highest BCUT2D eigenvalue weighted by Gasteiger charge is 2.39. The number of rotatable bonds is 2. The largest absolute Gasteiger partial charge is 0.315 e. The van der Waals surface area contributed by atoms with Gasteiger partial charge in [-0.3, -0.25) is 9.78 Å². The van der Waals surface area contributed by atoms with E-state index in [9.17, 15) is 4.79 Å². The first-order valence-corrected chi connectivity index (χ1v) is 6.68. The van der Waals surface area contributed by atoms with Gasteiger partial charge in [0.05, 0.1) is 5.52 Å². The van der Waals surface area contributed by atoms with Gasteiger partial charge in [-0.15, -0.1) is 0 Å². The van der Waals surface area contributed by atoms with E-state index in [1.54, 1.807) is 6.20 Å². The number of pyridine rings is 1. The van der Waals surface area contributed by atoms with Crippen LogP contribution < -0.4 is 5.32 Å². The molecule has 0 spiro atoms. The Bertz CT molecular complexity index is 633. The lowest BCUT2D eigenvalue weighted by atomic mass is 9.78. The second-order valence-electron chi connectivity index (χ2n) is 5.95. The van der Waals surface area contributed by atoms with E-state index in [0.29, 0.717) is 0 Å². The normalized spacial score (nSPS) is 21.7. The average molecular weight is 254 g/mol. The molecule has 2 aromatic rings. The minimum atomic E-state index is 0.0166. The molecule has 19 heavy (non-hydrogen) atoms. The lowest BCUT2D eigenvalue weighted by Crippen LogP contribution is -2.29. The predicted molar refractivity (Wildman–Crippen MR) is 76.2 cm³/mol. The van der Waals surface area contributed by atoms with Gasteiger partial charge in [0.2, 0.25) is 0 Å². The molecular weight excluding hydrogens is 236 g/mol. The van der Waals surface area contributed by atoms with Crippen LogP contribution in [0.25, 0.3) is 10.9 Å². The van der Waals surface area contributed by atoms with Gasteiger partial charge in [0, 0.05) is 36.2 Å². The molecule has 1 fully saturated rings. The van der Waals surface area contributed by atoms with Gasteiger partial charge in [0.15, 0.2) is 5.78 Å². The molecule has 1 aliphatic rings. The molecule has 2 heterocycles. The fraction of sp³-hybridized carbons (Fsp3) is 0.375. The zero-order valence-corrected chi connectivity index (χ0v) is 11.3. The highest BCUT2D eigenvalue weighted by Crippen LogP contribution is 2.33. The van der Waals surface area contributed by atoms with Crippen molar-refractivity contribution >= 4 is 16.7 Å². The zero-order valence-electron chi connectivity index (χ0n) is 11.3. The Balaban J connectivity index is 1.98. The lowest BCUT2D eigenvalue weighted by Gasteiger charge is -2.24. The number of aromatic nitrogens is 1. The van der Waals surface area contributed by atoms with Gasteiger partial charge < -0.3 is 5.32 Å². The number of ketones is 1. The molecule has 0 aliphatic carbocycles. The van der Waals surface area contributed by atoms with Crippen LogP contribution in [-0.4, -0.2) is 23.9 Å².